The molecule has 90 valence electrons. The first-order valence-electron chi connectivity index (χ1n) is 6.56. The van der Waals surface area contributed by atoms with E-state index in [1.807, 2.05) is 4.08 Å². The molecule has 0 aromatic carbocycles. The molecule has 16 heavy (non-hydrogen) atoms. The van der Waals surface area contributed by atoms with Crippen LogP contribution in [0.4, 0.5) is 0 Å². The van der Waals surface area contributed by atoms with Gasteiger partial charge in [-0.15, -0.1) is 0 Å². The van der Waals surface area contributed by atoms with Crippen molar-refractivity contribution < 1.29 is 4.79 Å². The summed E-state index contributed by atoms with van der Waals surface area (Å²) < 4.78 is 1.85. The molecule has 1 nitrogen and oxygen atoms in total. The average Bonchev–Trinajstić information content (AvgIpc) is 2.31. The quantitative estimate of drug-likeness (QED) is 0.532. The van der Waals surface area contributed by atoms with E-state index in [9.17, 15) is 4.79 Å². The van der Waals surface area contributed by atoms with E-state index in [2.05, 4.69) is 22.6 Å². The zero-order chi connectivity index (χ0) is 11.4. The van der Waals surface area contributed by atoms with Crippen LogP contribution in [0.25, 0.3) is 0 Å². The molecule has 0 atom stereocenters. The molecule has 0 bridgehead atoms. The molecule has 0 aromatic heterocycles. The lowest BCUT2D eigenvalue weighted by atomic mass is 9.63. The lowest BCUT2D eigenvalue weighted by molar-refractivity contribution is -0.120. The lowest BCUT2D eigenvalue weighted by Crippen LogP contribution is -2.31. The zero-order valence-electron chi connectivity index (χ0n) is 9.88. The number of rotatable bonds is 2. The molecule has 0 aromatic rings. The summed E-state index contributed by atoms with van der Waals surface area (Å²) in [4.78, 5) is 11.8. The molecule has 2 heteroatoms. The third-order valence-electron chi connectivity index (χ3n) is 4.59. The molecule has 0 radical (unpaired) electrons. The second-order valence-corrected chi connectivity index (χ2v) is 6.25. The minimum Gasteiger partial charge on any atom is -0.295 e. The maximum absolute atomic E-state index is 11.8. The Labute approximate surface area is 112 Å². The highest BCUT2D eigenvalue weighted by atomic mass is 127. The van der Waals surface area contributed by atoms with E-state index in [0.29, 0.717) is 17.1 Å². The molecule has 2 rings (SSSR count). The summed E-state index contributed by atoms with van der Waals surface area (Å²) in [6, 6.07) is 0. The van der Waals surface area contributed by atoms with Gasteiger partial charge in [0.25, 0.3) is 0 Å². The molecular weight excluding hydrogens is 311 g/mol. The van der Waals surface area contributed by atoms with Crippen molar-refractivity contribution in [3.8, 4) is 0 Å². The standard InChI is InChI=1S/C14H21IO/c15-11-6-13(16)12-4-9-14(10-5-12)7-2-1-3-8-14/h6,11-12H,1-5,7-10H2. The van der Waals surface area contributed by atoms with Gasteiger partial charge >= 0.3 is 0 Å². The molecule has 2 aliphatic carbocycles. The highest BCUT2D eigenvalue weighted by Gasteiger charge is 2.37. The summed E-state index contributed by atoms with van der Waals surface area (Å²) in [5.74, 6) is 0.693. The molecule has 0 N–H and O–H groups in total. The van der Waals surface area contributed by atoms with Crippen LogP contribution < -0.4 is 0 Å². The van der Waals surface area contributed by atoms with Gasteiger partial charge in [0.05, 0.1) is 0 Å². The Kier molecular flexibility index (Phi) is 4.45. The summed E-state index contributed by atoms with van der Waals surface area (Å²) in [6.07, 6.45) is 13.8. The number of carbonyl (C=O) groups is 1. The second-order valence-electron chi connectivity index (χ2n) is 5.53. The predicted molar refractivity (Wildman–Crippen MR) is 75.6 cm³/mol. The van der Waals surface area contributed by atoms with Crippen molar-refractivity contribution in [2.75, 3.05) is 0 Å². The van der Waals surface area contributed by atoms with Gasteiger partial charge in [0.1, 0.15) is 0 Å². The molecule has 2 fully saturated rings. The Morgan fingerprint density at radius 1 is 1.06 bits per heavy atom. The molecular formula is C14H21IO. The topological polar surface area (TPSA) is 17.1 Å². The summed E-state index contributed by atoms with van der Waals surface area (Å²) in [7, 11) is 0. The first kappa shape index (κ1) is 12.6. The van der Waals surface area contributed by atoms with Gasteiger partial charge in [-0.05, 0) is 54.1 Å². The second kappa shape index (κ2) is 5.65. The monoisotopic (exact) mass is 332 g/mol. The van der Waals surface area contributed by atoms with Crippen molar-refractivity contribution in [2.24, 2.45) is 11.3 Å². The first-order valence-corrected chi connectivity index (χ1v) is 7.81. The minimum absolute atomic E-state index is 0.332. The highest BCUT2D eigenvalue weighted by Crippen LogP contribution is 2.48. The fourth-order valence-corrected chi connectivity index (χ4v) is 3.87. The molecule has 0 amide bonds. The van der Waals surface area contributed by atoms with Crippen molar-refractivity contribution >= 4 is 28.4 Å². The summed E-state index contributed by atoms with van der Waals surface area (Å²) in [5, 5.41) is 0. The average molecular weight is 332 g/mol. The Morgan fingerprint density at radius 2 is 1.69 bits per heavy atom. The number of hydrogen-bond donors (Lipinski definition) is 0. The summed E-state index contributed by atoms with van der Waals surface area (Å²) in [6.45, 7) is 0. The summed E-state index contributed by atoms with van der Waals surface area (Å²) in [5.41, 5.74) is 0.642. The van der Waals surface area contributed by atoms with E-state index >= 15 is 0 Å². The maximum atomic E-state index is 11.8. The van der Waals surface area contributed by atoms with Crippen LogP contribution in [0.2, 0.25) is 0 Å². The summed E-state index contributed by atoms with van der Waals surface area (Å²) >= 11 is 2.13. The molecule has 0 saturated heterocycles. The normalized spacial score (nSPS) is 26.3. The number of halogens is 1. The Hall–Kier alpha value is 0.140. The van der Waals surface area contributed by atoms with Gasteiger partial charge in [-0.3, -0.25) is 4.79 Å². The zero-order valence-corrected chi connectivity index (χ0v) is 12.0. The third-order valence-corrected chi connectivity index (χ3v) is 4.95. The number of ketones is 1. The van der Waals surface area contributed by atoms with E-state index < -0.39 is 0 Å². The van der Waals surface area contributed by atoms with Crippen molar-refractivity contribution in [2.45, 2.75) is 57.8 Å². The third kappa shape index (κ3) is 2.88. The molecule has 2 aliphatic rings. The number of allylic oxidation sites excluding steroid dienone is 1. The van der Waals surface area contributed by atoms with E-state index in [4.69, 9.17) is 0 Å². The lowest BCUT2D eigenvalue weighted by Gasteiger charge is -2.42. The van der Waals surface area contributed by atoms with Crippen LogP contribution in [0.3, 0.4) is 0 Å². The van der Waals surface area contributed by atoms with E-state index in [0.717, 1.165) is 12.8 Å². The maximum Gasteiger partial charge on any atom is 0.159 e. The van der Waals surface area contributed by atoms with Crippen LogP contribution in [-0.2, 0) is 4.79 Å². The van der Waals surface area contributed by atoms with Gasteiger partial charge in [-0.2, -0.15) is 0 Å². The van der Waals surface area contributed by atoms with Gasteiger partial charge in [-0.1, -0.05) is 41.9 Å². The van der Waals surface area contributed by atoms with Crippen LogP contribution in [0.5, 0.6) is 0 Å². The molecule has 1 spiro atoms. The fourth-order valence-electron chi connectivity index (χ4n) is 3.51. The SMILES string of the molecule is O=C(C=CI)C1CCC2(CCCCC2)CC1. The van der Waals surface area contributed by atoms with E-state index in [-0.39, 0.29) is 0 Å². The highest BCUT2D eigenvalue weighted by molar-refractivity contribution is 14.1. The van der Waals surface area contributed by atoms with Gasteiger partial charge < -0.3 is 0 Å². The van der Waals surface area contributed by atoms with Crippen LogP contribution in [0.1, 0.15) is 57.8 Å². The van der Waals surface area contributed by atoms with Gasteiger partial charge in [0.15, 0.2) is 5.78 Å². The molecule has 0 aliphatic heterocycles. The predicted octanol–water partition coefficient (Wildman–Crippen LogP) is 4.64. The fraction of sp³-hybridized carbons (Fsp3) is 0.786. The molecule has 0 unspecified atom stereocenters. The first-order chi connectivity index (χ1) is 7.76. The van der Waals surface area contributed by atoms with Crippen LogP contribution in [0.15, 0.2) is 10.2 Å². The molecule has 0 heterocycles. The number of carbonyl (C=O) groups excluding carboxylic acids is 1. The van der Waals surface area contributed by atoms with Gasteiger partial charge in [0.2, 0.25) is 0 Å². The Morgan fingerprint density at radius 3 is 2.25 bits per heavy atom. The Bertz CT molecular complexity index is 266. The van der Waals surface area contributed by atoms with Crippen LogP contribution >= 0.6 is 22.6 Å². The largest absolute Gasteiger partial charge is 0.295 e. The van der Waals surface area contributed by atoms with Gasteiger partial charge in [0, 0.05) is 5.92 Å². The van der Waals surface area contributed by atoms with E-state index in [1.54, 1.807) is 6.08 Å². The van der Waals surface area contributed by atoms with Gasteiger partial charge in [-0.25, -0.2) is 0 Å². The molecule has 2 saturated carbocycles. The smallest absolute Gasteiger partial charge is 0.159 e. The van der Waals surface area contributed by atoms with Crippen LogP contribution in [0, 0.1) is 11.3 Å². The van der Waals surface area contributed by atoms with E-state index in [1.165, 1.54) is 44.9 Å². The van der Waals surface area contributed by atoms with Crippen molar-refractivity contribution in [1.82, 2.24) is 0 Å². The van der Waals surface area contributed by atoms with Crippen molar-refractivity contribution in [1.29, 1.82) is 0 Å². The Balaban J connectivity index is 1.88. The van der Waals surface area contributed by atoms with Crippen molar-refractivity contribution in [3.05, 3.63) is 10.2 Å². The minimum atomic E-state index is 0.332. The number of hydrogen-bond acceptors (Lipinski definition) is 1. The van der Waals surface area contributed by atoms with Crippen LogP contribution in [-0.4, -0.2) is 5.78 Å². The van der Waals surface area contributed by atoms with Crippen molar-refractivity contribution in [3.63, 3.8) is 0 Å².